The third kappa shape index (κ3) is 4.11. The van der Waals surface area contributed by atoms with Crippen molar-refractivity contribution >= 4 is 34.9 Å². The molecule has 0 radical (unpaired) electrons. The number of hydrogen-bond acceptors (Lipinski definition) is 4. The number of esters is 1. The largest absolute Gasteiger partial charge is 0.430 e. The summed E-state index contributed by atoms with van der Waals surface area (Å²) in [4.78, 5) is 27.7. The van der Waals surface area contributed by atoms with Crippen LogP contribution in [0.25, 0.3) is 0 Å². The van der Waals surface area contributed by atoms with Gasteiger partial charge in [-0.25, -0.2) is 4.99 Å². The molecule has 0 saturated heterocycles. The average molecular weight is 397 g/mol. The van der Waals surface area contributed by atoms with Crippen LogP contribution in [0.4, 0.5) is 18.9 Å². The normalized spacial score (nSPS) is 16.7. The second-order valence-electron chi connectivity index (χ2n) is 5.69. The van der Waals surface area contributed by atoms with Gasteiger partial charge in [0.2, 0.25) is 0 Å². The van der Waals surface area contributed by atoms with E-state index in [1.54, 1.807) is 0 Å². The number of rotatable bonds is 2. The van der Waals surface area contributed by atoms with Crippen molar-refractivity contribution in [3.8, 4) is 0 Å². The van der Waals surface area contributed by atoms with Crippen LogP contribution < -0.4 is 5.32 Å². The Kier molecular flexibility index (Phi) is 4.93. The number of nitrogens with zero attached hydrogens (tertiary/aromatic N) is 1. The van der Waals surface area contributed by atoms with Gasteiger partial charge in [0.05, 0.1) is 17.0 Å². The number of halogens is 4. The highest BCUT2D eigenvalue weighted by molar-refractivity contribution is 6.32. The quantitative estimate of drug-likeness (QED) is 0.779. The van der Waals surface area contributed by atoms with Crippen LogP contribution in [-0.2, 0) is 20.5 Å². The number of hydrogen-bond donors (Lipinski definition) is 1. The number of alkyl halides is 3. The number of carbonyl (C=O) groups is 2. The van der Waals surface area contributed by atoms with Crippen LogP contribution in [0, 0.1) is 0 Å². The zero-order valence-corrected chi connectivity index (χ0v) is 14.6. The van der Waals surface area contributed by atoms with Crippen molar-refractivity contribution in [2.24, 2.45) is 4.99 Å². The molecule has 0 aliphatic carbocycles. The summed E-state index contributed by atoms with van der Waals surface area (Å²) in [6, 6.07) is 8.86. The second-order valence-corrected chi connectivity index (χ2v) is 6.13. The minimum atomic E-state index is -4.48. The molecule has 2 aromatic rings. The first-order valence-corrected chi connectivity index (χ1v) is 8.06. The zero-order valence-electron chi connectivity index (χ0n) is 13.8. The molecule has 140 valence electrons. The van der Waals surface area contributed by atoms with E-state index in [1.807, 2.05) is 0 Å². The first-order chi connectivity index (χ1) is 12.6. The Morgan fingerprint density at radius 2 is 1.85 bits per heavy atom. The fraction of sp³-hybridized carbons (Fsp3) is 0.167. The van der Waals surface area contributed by atoms with E-state index in [0.29, 0.717) is 21.8 Å². The van der Waals surface area contributed by atoms with Gasteiger partial charge in [-0.15, -0.1) is 0 Å². The summed E-state index contributed by atoms with van der Waals surface area (Å²) in [5, 5.41) is 2.91. The van der Waals surface area contributed by atoms with Crippen molar-refractivity contribution in [2.75, 3.05) is 5.32 Å². The lowest BCUT2D eigenvalue weighted by Crippen LogP contribution is -2.29. The van der Waals surface area contributed by atoms with Crippen molar-refractivity contribution < 1.29 is 27.5 Å². The van der Waals surface area contributed by atoms with Gasteiger partial charge in [0.25, 0.3) is 12.1 Å². The molecule has 0 fully saturated rings. The van der Waals surface area contributed by atoms with Crippen LogP contribution in [0.15, 0.2) is 47.5 Å². The summed E-state index contributed by atoms with van der Waals surface area (Å²) in [7, 11) is 0. The predicted octanol–water partition coefficient (Wildman–Crippen LogP) is 4.04. The van der Waals surface area contributed by atoms with Crippen molar-refractivity contribution in [3.05, 3.63) is 64.2 Å². The summed E-state index contributed by atoms with van der Waals surface area (Å²) < 4.78 is 43.4. The molecule has 27 heavy (non-hydrogen) atoms. The molecular formula is C18H12ClF3N2O3. The lowest BCUT2D eigenvalue weighted by molar-refractivity contribution is -0.151. The molecule has 1 unspecified atom stereocenters. The van der Waals surface area contributed by atoms with Gasteiger partial charge in [-0.05, 0) is 30.3 Å². The molecule has 9 heteroatoms. The van der Waals surface area contributed by atoms with Crippen molar-refractivity contribution in [1.29, 1.82) is 0 Å². The average Bonchev–Trinajstić information content (AvgIpc) is 2.71. The van der Waals surface area contributed by atoms with Gasteiger partial charge in [0, 0.05) is 23.1 Å². The van der Waals surface area contributed by atoms with E-state index in [-0.39, 0.29) is 5.71 Å². The molecule has 1 atom stereocenters. The molecule has 2 aromatic carbocycles. The molecule has 1 aliphatic rings. The van der Waals surface area contributed by atoms with Crippen LogP contribution in [-0.4, -0.2) is 23.8 Å². The standard InChI is InChI=1S/C18H12ClF3N2O3/c1-9(25)27-17-16(26)23-14-7-6-12(19)8-13(14)15(24-17)10-2-4-11(5-3-10)18(20,21)22/h2-8,17H,1H3,(H,23,26). The van der Waals surface area contributed by atoms with Gasteiger partial charge in [0.15, 0.2) is 0 Å². The summed E-state index contributed by atoms with van der Waals surface area (Å²) in [6.07, 6.45) is -5.96. The third-order valence-electron chi connectivity index (χ3n) is 3.73. The molecule has 0 aromatic heterocycles. The molecule has 1 amide bonds. The van der Waals surface area contributed by atoms with Crippen LogP contribution >= 0.6 is 11.6 Å². The fourth-order valence-corrected chi connectivity index (χ4v) is 2.72. The molecule has 0 bridgehead atoms. The molecule has 0 spiro atoms. The van der Waals surface area contributed by atoms with Crippen LogP contribution in [0.2, 0.25) is 5.02 Å². The molecular weight excluding hydrogens is 385 g/mol. The maximum atomic E-state index is 12.8. The lowest BCUT2D eigenvalue weighted by atomic mass is 9.99. The van der Waals surface area contributed by atoms with Crippen molar-refractivity contribution in [2.45, 2.75) is 19.3 Å². The van der Waals surface area contributed by atoms with E-state index >= 15 is 0 Å². The van der Waals surface area contributed by atoms with Crippen molar-refractivity contribution in [3.63, 3.8) is 0 Å². The second kappa shape index (κ2) is 7.03. The number of benzene rings is 2. The summed E-state index contributed by atoms with van der Waals surface area (Å²) in [5.74, 6) is -1.41. The van der Waals surface area contributed by atoms with Crippen LogP contribution in [0.5, 0.6) is 0 Å². The number of carbonyl (C=O) groups excluding carboxylic acids is 2. The number of ether oxygens (including phenoxy) is 1. The minimum Gasteiger partial charge on any atom is -0.430 e. The van der Waals surface area contributed by atoms with Crippen LogP contribution in [0.3, 0.4) is 0 Å². The number of nitrogens with one attached hydrogen (secondary N) is 1. The highest BCUT2D eigenvalue weighted by Crippen LogP contribution is 2.31. The fourth-order valence-electron chi connectivity index (χ4n) is 2.55. The zero-order chi connectivity index (χ0) is 19.8. The van der Waals surface area contributed by atoms with Gasteiger partial charge in [-0.3, -0.25) is 9.59 Å². The highest BCUT2D eigenvalue weighted by Gasteiger charge is 2.31. The van der Waals surface area contributed by atoms with Gasteiger partial charge in [0.1, 0.15) is 0 Å². The van der Waals surface area contributed by atoms with Gasteiger partial charge in [-0.2, -0.15) is 13.2 Å². The van der Waals surface area contributed by atoms with E-state index < -0.39 is 29.8 Å². The Morgan fingerprint density at radius 1 is 1.19 bits per heavy atom. The topological polar surface area (TPSA) is 67.8 Å². The van der Waals surface area contributed by atoms with E-state index in [2.05, 4.69) is 10.3 Å². The molecule has 3 rings (SSSR count). The summed E-state index contributed by atoms with van der Waals surface area (Å²) in [6.45, 7) is 1.12. The minimum absolute atomic E-state index is 0.172. The number of benzodiazepines with no additional fused rings is 1. The first-order valence-electron chi connectivity index (χ1n) is 7.68. The van der Waals surface area contributed by atoms with Crippen molar-refractivity contribution in [1.82, 2.24) is 0 Å². The summed E-state index contributed by atoms with van der Waals surface area (Å²) >= 11 is 6.02. The Hall–Kier alpha value is -2.87. The smallest absolute Gasteiger partial charge is 0.416 e. The monoisotopic (exact) mass is 396 g/mol. The lowest BCUT2D eigenvalue weighted by Gasteiger charge is -2.12. The highest BCUT2D eigenvalue weighted by atomic mass is 35.5. The number of aliphatic imine (C=N–C) groups is 1. The molecule has 0 saturated carbocycles. The number of amides is 1. The van der Waals surface area contributed by atoms with Gasteiger partial charge in [-0.1, -0.05) is 23.7 Å². The van der Waals surface area contributed by atoms with E-state index in [1.165, 1.54) is 30.3 Å². The van der Waals surface area contributed by atoms with Gasteiger partial charge >= 0.3 is 12.1 Å². The van der Waals surface area contributed by atoms with Crippen LogP contribution in [0.1, 0.15) is 23.6 Å². The Bertz CT molecular complexity index is 940. The molecule has 5 nitrogen and oxygen atoms in total. The Balaban J connectivity index is 2.14. The Morgan fingerprint density at radius 3 is 2.44 bits per heavy atom. The number of fused-ring (bicyclic) bond motifs is 1. The summed E-state index contributed by atoms with van der Waals surface area (Å²) in [5.41, 5.74) is 0.395. The third-order valence-corrected chi connectivity index (χ3v) is 3.96. The van der Waals surface area contributed by atoms with E-state index in [0.717, 1.165) is 19.1 Å². The first kappa shape index (κ1) is 18.9. The molecule has 1 heterocycles. The number of anilines is 1. The van der Waals surface area contributed by atoms with Gasteiger partial charge < -0.3 is 10.1 Å². The predicted molar refractivity (Wildman–Crippen MR) is 92.7 cm³/mol. The SMILES string of the molecule is CC(=O)OC1N=C(c2ccc(C(F)(F)F)cc2)c2cc(Cl)ccc2NC1=O. The molecule has 1 N–H and O–H groups in total. The Labute approximate surface area is 156 Å². The molecule has 1 aliphatic heterocycles. The maximum Gasteiger partial charge on any atom is 0.416 e. The van der Waals surface area contributed by atoms with E-state index in [9.17, 15) is 22.8 Å². The van der Waals surface area contributed by atoms with E-state index in [4.69, 9.17) is 16.3 Å². The maximum absolute atomic E-state index is 12.8.